The van der Waals surface area contributed by atoms with Gasteiger partial charge in [-0.2, -0.15) is 0 Å². The summed E-state index contributed by atoms with van der Waals surface area (Å²) < 4.78 is 18.2. The number of aromatic amines is 1. The fourth-order valence-electron chi connectivity index (χ4n) is 2.16. The van der Waals surface area contributed by atoms with E-state index in [0.29, 0.717) is 33.0 Å². The number of anilines is 1. The molecule has 0 fully saturated rings. The fraction of sp³-hybridized carbons (Fsp3) is 0.118. The maximum absolute atomic E-state index is 12.9. The lowest BCUT2D eigenvalue weighted by Gasteiger charge is -2.05. The number of methoxy groups -OCH3 is 1. The van der Waals surface area contributed by atoms with Gasteiger partial charge in [-0.05, 0) is 42.5 Å². The quantitative estimate of drug-likeness (QED) is 0.620. The average Bonchev–Trinajstić information content (AvgIpc) is 3.11. The molecule has 2 aromatic carbocycles. The van der Waals surface area contributed by atoms with Crippen molar-refractivity contribution in [3.8, 4) is 17.1 Å². The number of nitrogens with zero attached hydrogens (tertiary/aromatic N) is 2. The minimum atomic E-state index is -0.359. The normalized spacial score (nSPS) is 10.6. The maximum Gasteiger partial charge on any atom is 0.234 e. The van der Waals surface area contributed by atoms with Crippen molar-refractivity contribution in [2.75, 3.05) is 18.2 Å². The molecule has 9 heteroatoms. The van der Waals surface area contributed by atoms with Gasteiger partial charge in [-0.15, -0.1) is 5.10 Å². The second-order valence-corrected chi connectivity index (χ2v) is 6.53. The highest BCUT2D eigenvalue weighted by molar-refractivity contribution is 7.99. The van der Waals surface area contributed by atoms with E-state index in [1.807, 2.05) is 0 Å². The van der Waals surface area contributed by atoms with E-state index in [9.17, 15) is 9.18 Å². The van der Waals surface area contributed by atoms with Crippen LogP contribution in [0.25, 0.3) is 11.4 Å². The minimum absolute atomic E-state index is 0.112. The van der Waals surface area contributed by atoms with E-state index in [4.69, 9.17) is 16.3 Å². The zero-order valence-corrected chi connectivity index (χ0v) is 15.2. The number of aromatic nitrogens is 3. The molecule has 1 heterocycles. The van der Waals surface area contributed by atoms with Gasteiger partial charge in [0.2, 0.25) is 11.1 Å². The van der Waals surface area contributed by atoms with E-state index in [-0.39, 0.29) is 17.5 Å². The molecule has 0 bridgehead atoms. The Kier molecular flexibility index (Phi) is 5.75. The van der Waals surface area contributed by atoms with Gasteiger partial charge in [0.25, 0.3) is 0 Å². The van der Waals surface area contributed by atoms with Crippen molar-refractivity contribution >= 4 is 35.0 Å². The highest BCUT2D eigenvalue weighted by Gasteiger charge is 2.13. The molecule has 0 unspecified atom stereocenters. The summed E-state index contributed by atoms with van der Waals surface area (Å²) in [5, 5.41) is 10.5. The topological polar surface area (TPSA) is 79.9 Å². The third-order valence-electron chi connectivity index (χ3n) is 3.34. The number of carbonyl (C=O) groups excluding carboxylic acids is 1. The third-order valence-corrected chi connectivity index (χ3v) is 4.42. The summed E-state index contributed by atoms with van der Waals surface area (Å²) in [5.74, 6) is 0.610. The number of hydrogen-bond acceptors (Lipinski definition) is 5. The van der Waals surface area contributed by atoms with E-state index < -0.39 is 0 Å². The molecule has 0 aliphatic carbocycles. The standard InChI is InChI=1S/C17H14ClFN4O2S/c1-25-14-7-2-10(18)8-13(14)16-21-17(23-22-16)26-9-15(24)20-12-5-3-11(19)4-6-12/h2-8H,9H2,1H3,(H,20,24)(H,21,22,23). The van der Waals surface area contributed by atoms with Crippen molar-refractivity contribution in [1.82, 2.24) is 15.2 Å². The molecule has 3 rings (SSSR count). The van der Waals surface area contributed by atoms with Crippen LogP contribution in [-0.2, 0) is 4.79 Å². The Labute approximate surface area is 158 Å². The number of ether oxygens (including phenoxy) is 1. The van der Waals surface area contributed by atoms with E-state index in [0.717, 1.165) is 0 Å². The summed E-state index contributed by atoms with van der Waals surface area (Å²) in [6.45, 7) is 0. The first kappa shape index (κ1) is 18.2. The van der Waals surface area contributed by atoms with Crippen LogP contribution in [0.5, 0.6) is 5.75 Å². The van der Waals surface area contributed by atoms with Crippen LogP contribution in [0.2, 0.25) is 5.02 Å². The molecule has 6 nitrogen and oxygen atoms in total. The lowest BCUT2D eigenvalue weighted by Crippen LogP contribution is -2.14. The Hall–Kier alpha value is -2.58. The first-order chi connectivity index (χ1) is 12.5. The second kappa shape index (κ2) is 8.20. The number of halogens is 2. The van der Waals surface area contributed by atoms with Gasteiger partial charge >= 0.3 is 0 Å². The molecule has 0 aliphatic rings. The molecule has 134 valence electrons. The number of nitrogens with one attached hydrogen (secondary N) is 2. The van der Waals surface area contributed by atoms with Crippen LogP contribution >= 0.6 is 23.4 Å². The third kappa shape index (κ3) is 4.53. The van der Waals surface area contributed by atoms with Crippen molar-refractivity contribution < 1.29 is 13.9 Å². The highest BCUT2D eigenvalue weighted by atomic mass is 35.5. The summed E-state index contributed by atoms with van der Waals surface area (Å²) in [6.07, 6.45) is 0. The first-order valence-electron chi connectivity index (χ1n) is 7.49. The van der Waals surface area contributed by atoms with Crippen molar-refractivity contribution in [1.29, 1.82) is 0 Å². The van der Waals surface area contributed by atoms with Gasteiger partial charge < -0.3 is 10.1 Å². The predicted octanol–water partition coefficient (Wildman–Crippen LogP) is 4.00. The number of thioether (sulfide) groups is 1. The van der Waals surface area contributed by atoms with Crippen LogP contribution in [0.4, 0.5) is 10.1 Å². The van der Waals surface area contributed by atoms with Crippen molar-refractivity contribution in [2.45, 2.75) is 5.16 Å². The molecular weight excluding hydrogens is 379 g/mol. The number of rotatable bonds is 6. The molecule has 0 spiro atoms. The molecule has 3 aromatic rings. The summed E-state index contributed by atoms with van der Waals surface area (Å²) in [4.78, 5) is 16.3. The molecular formula is C17H14ClFN4O2S. The van der Waals surface area contributed by atoms with Crippen LogP contribution in [0.15, 0.2) is 47.6 Å². The zero-order chi connectivity index (χ0) is 18.5. The molecule has 26 heavy (non-hydrogen) atoms. The minimum Gasteiger partial charge on any atom is -0.496 e. The van der Waals surface area contributed by atoms with E-state index >= 15 is 0 Å². The largest absolute Gasteiger partial charge is 0.496 e. The Balaban J connectivity index is 1.63. The zero-order valence-electron chi connectivity index (χ0n) is 13.6. The lowest BCUT2D eigenvalue weighted by molar-refractivity contribution is -0.113. The van der Waals surface area contributed by atoms with Gasteiger partial charge in [-0.3, -0.25) is 9.89 Å². The maximum atomic E-state index is 12.9. The van der Waals surface area contributed by atoms with Gasteiger partial charge in [0.05, 0.1) is 18.4 Å². The molecule has 1 aromatic heterocycles. The Morgan fingerprint density at radius 3 is 2.81 bits per heavy atom. The van der Waals surface area contributed by atoms with Gasteiger partial charge in [-0.1, -0.05) is 23.4 Å². The molecule has 0 radical (unpaired) electrons. The smallest absolute Gasteiger partial charge is 0.234 e. The number of H-pyrrole nitrogens is 1. The van der Waals surface area contributed by atoms with Crippen molar-refractivity contribution in [3.05, 3.63) is 53.3 Å². The molecule has 0 saturated carbocycles. The fourth-order valence-corrected chi connectivity index (χ4v) is 2.93. The lowest BCUT2D eigenvalue weighted by atomic mass is 10.2. The van der Waals surface area contributed by atoms with Crippen LogP contribution in [-0.4, -0.2) is 34.0 Å². The van der Waals surface area contributed by atoms with Gasteiger partial charge in [0, 0.05) is 10.7 Å². The first-order valence-corrected chi connectivity index (χ1v) is 8.86. The number of amides is 1. The van der Waals surface area contributed by atoms with Crippen LogP contribution < -0.4 is 10.1 Å². The Bertz CT molecular complexity index is 917. The van der Waals surface area contributed by atoms with Gasteiger partial charge in [-0.25, -0.2) is 9.37 Å². The molecule has 1 amide bonds. The average molecular weight is 393 g/mol. The summed E-state index contributed by atoms with van der Waals surface area (Å²) in [7, 11) is 1.55. The van der Waals surface area contributed by atoms with Crippen LogP contribution in [0.3, 0.4) is 0 Å². The SMILES string of the molecule is COc1ccc(Cl)cc1-c1nc(SCC(=O)Nc2ccc(F)cc2)n[nH]1. The van der Waals surface area contributed by atoms with Gasteiger partial charge in [0.1, 0.15) is 11.6 Å². The number of hydrogen-bond donors (Lipinski definition) is 2. The Morgan fingerprint density at radius 1 is 1.31 bits per heavy atom. The van der Waals surface area contributed by atoms with E-state index in [2.05, 4.69) is 20.5 Å². The van der Waals surface area contributed by atoms with Gasteiger partial charge in [0.15, 0.2) is 5.82 Å². The summed E-state index contributed by atoms with van der Waals surface area (Å²) in [5.41, 5.74) is 1.20. The predicted molar refractivity (Wildman–Crippen MR) is 99.1 cm³/mol. The molecule has 0 atom stereocenters. The monoisotopic (exact) mass is 392 g/mol. The molecule has 0 saturated heterocycles. The highest BCUT2D eigenvalue weighted by Crippen LogP contribution is 2.31. The molecule has 2 N–H and O–H groups in total. The number of carbonyl (C=O) groups is 1. The molecule has 0 aliphatic heterocycles. The van der Waals surface area contributed by atoms with Crippen molar-refractivity contribution in [3.63, 3.8) is 0 Å². The van der Waals surface area contributed by atoms with E-state index in [1.54, 1.807) is 25.3 Å². The second-order valence-electron chi connectivity index (χ2n) is 5.15. The Morgan fingerprint density at radius 2 is 2.08 bits per heavy atom. The van der Waals surface area contributed by atoms with Crippen LogP contribution in [0.1, 0.15) is 0 Å². The van der Waals surface area contributed by atoms with Crippen LogP contribution in [0, 0.1) is 5.82 Å². The van der Waals surface area contributed by atoms with E-state index in [1.165, 1.54) is 36.0 Å². The van der Waals surface area contributed by atoms with Crippen molar-refractivity contribution in [2.24, 2.45) is 0 Å². The summed E-state index contributed by atoms with van der Waals surface area (Å²) >= 11 is 7.19. The number of benzene rings is 2. The summed E-state index contributed by atoms with van der Waals surface area (Å²) in [6, 6.07) is 10.7.